The van der Waals surface area contributed by atoms with Gasteiger partial charge in [0.15, 0.2) is 0 Å². The summed E-state index contributed by atoms with van der Waals surface area (Å²) in [5.74, 6) is 0.645. The van der Waals surface area contributed by atoms with Crippen LogP contribution in [0.1, 0.15) is 6.92 Å². The molecular weight excluding hydrogens is 323 g/mol. The van der Waals surface area contributed by atoms with Gasteiger partial charge in [0.2, 0.25) is 0 Å². The van der Waals surface area contributed by atoms with E-state index in [-0.39, 0.29) is 5.82 Å². The van der Waals surface area contributed by atoms with E-state index < -0.39 is 6.09 Å². The Hall–Kier alpha value is -2.83. The van der Waals surface area contributed by atoms with Crippen molar-refractivity contribution in [1.29, 1.82) is 0 Å². The minimum atomic E-state index is -0.490. The van der Waals surface area contributed by atoms with Gasteiger partial charge in [0.25, 0.3) is 0 Å². The number of amides is 1. The van der Waals surface area contributed by atoms with Gasteiger partial charge in [-0.2, -0.15) is 0 Å². The molecule has 1 fully saturated rings. The van der Waals surface area contributed by atoms with Crippen molar-refractivity contribution in [3.63, 3.8) is 0 Å². The van der Waals surface area contributed by atoms with E-state index in [9.17, 15) is 9.18 Å². The lowest BCUT2D eigenvalue weighted by Crippen LogP contribution is -2.47. The summed E-state index contributed by atoms with van der Waals surface area (Å²) in [5, 5.41) is 2.62. The third kappa shape index (κ3) is 4.17. The minimum Gasteiger partial charge on any atom is -0.450 e. The summed E-state index contributed by atoms with van der Waals surface area (Å²) < 4.78 is 18.7. The van der Waals surface area contributed by atoms with Crippen LogP contribution in [0.2, 0.25) is 0 Å². The quantitative estimate of drug-likeness (QED) is 0.923. The number of nitrogens with one attached hydrogen (secondary N) is 1. The second-order valence-corrected chi connectivity index (χ2v) is 5.68. The van der Waals surface area contributed by atoms with Gasteiger partial charge in [0, 0.05) is 26.2 Å². The van der Waals surface area contributed by atoms with Crippen LogP contribution in [0.5, 0.6) is 0 Å². The Kier molecular flexibility index (Phi) is 5.33. The van der Waals surface area contributed by atoms with Gasteiger partial charge >= 0.3 is 6.09 Å². The average molecular weight is 344 g/mol. The molecule has 132 valence electrons. The Labute approximate surface area is 146 Å². The molecule has 6 nitrogen and oxygen atoms in total. The molecule has 1 N–H and O–H groups in total. The lowest BCUT2D eigenvalue weighted by atomic mass is 10.2. The maximum atomic E-state index is 13.9. The number of pyridine rings is 1. The number of hydrogen-bond donors (Lipinski definition) is 1. The summed E-state index contributed by atoms with van der Waals surface area (Å²) in [6.45, 7) is 5.04. The van der Waals surface area contributed by atoms with Gasteiger partial charge in [0.1, 0.15) is 11.6 Å². The number of piperazine rings is 1. The van der Waals surface area contributed by atoms with Crippen molar-refractivity contribution in [1.82, 2.24) is 4.98 Å². The average Bonchev–Trinajstić information content (AvgIpc) is 2.63. The first-order chi connectivity index (χ1) is 12.2. The van der Waals surface area contributed by atoms with E-state index in [1.807, 2.05) is 17.0 Å². The Morgan fingerprint density at radius 1 is 1.16 bits per heavy atom. The number of halogens is 1. The highest BCUT2D eigenvalue weighted by Crippen LogP contribution is 2.22. The molecule has 7 heteroatoms. The number of hydrogen-bond acceptors (Lipinski definition) is 5. The minimum absolute atomic E-state index is 0.191. The molecule has 0 saturated carbocycles. The molecule has 2 aromatic rings. The molecule has 0 spiro atoms. The van der Waals surface area contributed by atoms with Crippen molar-refractivity contribution < 1.29 is 13.9 Å². The van der Waals surface area contributed by atoms with E-state index in [1.165, 1.54) is 6.07 Å². The molecule has 0 bridgehead atoms. The molecule has 0 atom stereocenters. The van der Waals surface area contributed by atoms with Crippen molar-refractivity contribution in [2.75, 3.05) is 47.9 Å². The molecular formula is C18H21FN4O2. The molecule has 25 heavy (non-hydrogen) atoms. The van der Waals surface area contributed by atoms with Gasteiger partial charge in [-0.1, -0.05) is 12.1 Å². The fraction of sp³-hybridized carbons (Fsp3) is 0.333. The summed E-state index contributed by atoms with van der Waals surface area (Å²) in [4.78, 5) is 20.0. The van der Waals surface area contributed by atoms with Crippen molar-refractivity contribution in [3.8, 4) is 0 Å². The second-order valence-electron chi connectivity index (χ2n) is 5.68. The fourth-order valence-electron chi connectivity index (χ4n) is 2.82. The van der Waals surface area contributed by atoms with Crippen LogP contribution < -0.4 is 15.1 Å². The number of carbonyl (C=O) groups excluding carboxylic acids is 1. The SMILES string of the molecule is CCOC(=O)Nc1ccc(N2CCN(c3ccccc3F)CC2)nc1. The maximum Gasteiger partial charge on any atom is 0.411 e. The number of benzene rings is 1. The molecule has 0 unspecified atom stereocenters. The van der Waals surface area contributed by atoms with E-state index >= 15 is 0 Å². The van der Waals surface area contributed by atoms with Crippen LogP contribution in [0.4, 0.5) is 26.4 Å². The summed E-state index contributed by atoms with van der Waals surface area (Å²) in [6, 6.07) is 10.5. The van der Waals surface area contributed by atoms with Gasteiger partial charge in [-0.05, 0) is 31.2 Å². The molecule has 1 saturated heterocycles. The van der Waals surface area contributed by atoms with E-state index in [4.69, 9.17) is 4.74 Å². The first-order valence-corrected chi connectivity index (χ1v) is 8.31. The van der Waals surface area contributed by atoms with Crippen LogP contribution in [0.25, 0.3) is 0 Å². The maximum absolute atomic E-state index is 13.9. The first-order valence-electron chi connectivity index (χ1n) is 8.31. The number of para-hydroxylation sites is 1. The molecule has 1 amide bonds. The zero-order valence-corrected chi connectivity index (χ0v) is 14.1. The number of ether oxygens (including phenoxy) is 1. The molecule has 2 heterocycles. The second kappa shape index (κ2) is 7.83. The zero-order valence-electron chi connectivity index (χ0n) is 14.1. The number of aromatic nitrogens is 1. The smallest absolute Gasteiger partial charge is 0.411 e. The molecule has 1 aliphatic heterocycles. The highest BCUT2D eigenvalue weighted by Gasteiger charge is 2.20. The summed E-state index contributed by atoms with van der Waals surface area (Å²) in [7, 11) is 0. The zero-order chi connectivity index (χ0) is 17.6. The Bertz CT molecular complexity index is 715. The van der Waals surface area contributed by atoms with E-state index in [1.54, 1.807) is 31.3 Å². The molecule has 0 radical (unpaired) electrons. The molecule has 1 aromatic heterocycles. The Balaban J connectivity index is 1.58. The largest absolute Gasteiger partial charge is 0.450 e. The van der Waals surface area contributed by atoms with Crippen LogP contribution in [0, 0.1) is 5.82 Å². The third-order valence-electron chi connectivity index (χ3n) is 4.07. The summed E-state index contributed by atoms with van der Waals surface area (Å²) in [5.41, 5.74) is 1.23. The fourth-order valence-corrected chi connectivity index (χ4v) is 2.82. The lowest BCUT2D eigenvalue weighted by Gasteiger charge is -2.36. The molecule has 1 aliphatic rings. The van der Waals surface area contributed by atoms with Crippen LogP contribution in [-0.2, 0) is 4.74 Å². The molecule has 3 rings (SSSR count). The molecule has 1 aromatic carbocycles. The topological polar surface area (TPSA) is 57.7 Å². The lowest BCUT2D eigenvalue weighted by molar-refractivity contribution is 0.168. The van der Waals surface area contributed by atoms with Crippen molar-refractivity contribution >= 4 is 23.3 Å². The van der Waals surface area contributed by atoms with E-state index in [0.717, 1.165) is 32.0 Å². The first kappa shape index (κ1) is 17.0. The van der Waals surface area contributed by atoms with Crippen molar-refractivity contribution in [2.24, 2.45) is 0 Å². The Morgan fingerprint density at radius 2 is 1.88 bits per heavy atom. The number of rotatable bonds is 4. The predicted molar refractivity (Wildman–Crippen MR) is 95.7 cm³/mol. The van der Waals surface area contributed by atoms with Gasteiger partial charge in [-0.15, -0.1) is 0 Å². The third-order valence-corrected chi connectivity index (χ3v) is 4.07. The molecule has 0 aliphatic carbocycles. The number of carbonyl (C=O) groups is 1. The van der Waals surface area contributed by atoms with Crippen LogP contribution in [0.3, 0.4) is 0 Å². The monoisotopic (exact) mass is 344 g/mol. The van der Waals surface area contributed by atoms with Gasteiger partial charge in [-0.3, -0.25) is 5.32 Å². The van der Waals surface area contributed by atoms with Gasteiger partial charge < -0.3 is 14.5 Å². The van der Waals surface area contributed by atoms with Gasteiger partial charge in [0.05, 0.1) is 24.2 Å². The van der Waals surface area contributed by atoms with Crippen molar-refractivity contribution in [2.45, 2.75) is 6.92 Å². The predicted octanol–water partition coefficient (Wildman–Crippen LogP) is 3.12. The number of nitrogens with zero attached hydrogens (tertiary/aromatic N) is 3. The van der Waals surface area contributed by atoms with Gasteiger partial charge in [-0.25, -0.2) is 14.2 Å². The summed E-state index contributed by atoms with van der Waals surface area (Å²) >= 11 is 0. The van der Waals surface area contributed by atoms with Crippen LogP contribution in [-0.4, -0.2) is 43.9 Å². The standard InChI is InChI=1S/C18H21FN4O2/c1-2-25-18(24)21-14-7-8-17(20-13-14)23-11-9-22(10-12-23)16-6-4-3-5-15(16)19/h3-8,13H,2,9-12H2,1H3,(H,21,24). The highest BCUT2D eigenvalue weighted by atomic mass is 19.1. The van der Waals surface area contributed by atoms with Crippen LogP contribution in [0.15, 0.2) is 42.6 Å². The van der Waals surface area contributed by atoms with E-state index in [2.05, 4.69) is 15.2 Å². The highest BCUT2D eigenvalue weighted by molar-refractivity contribution is 5.84. The summed E-state index contributed by atoms with van der Waals surface area (Å²) in [6.07, 6.45) is 1.12. The Morgan fingerprint density at radius 3 is 2.52 bits per heavy atom. The number of anilines is 3. The normalized spacial score (nSPS) is 14.3. The van der Waals surface area contributed by atoms with Crippen LogP contribution >= 0.6 is 0 Å². The van der Waals surface area contributed by atoms with Crippen molar-refractivity contribution in [3.05, 3.63) is 48.4 Å². The van der Waals surface area contributed by atoms with E-state index in [0.29, 0.717) is 18.0 Å².